The molecule has 0 unspecified atom stereocenters. The van der Waals surface area contributed by atoms with Gasteiger partial charge >= 0.3 is 0 Å². The Balaban J connectivity index is 1.50. The van der Waals surface area contributed by atoms with Gasteiger partial charge in [0.15, 0.2) is 5.82 Å². The van der Waals surface area contributed by atoms with Gasteiger partial charge in [-0.1, -0.05) is 6.92 Å². The van der Waals surface area contributed by atoms with Crippen molar-refractivity contribution in [2.45, 2.75) is 38.8 Å². The number of aromatic amines is 1. The van der Waals surface area contributed by atoms with Crippen LogP contribution in [-0.2, 0) is 22.5 Å². The fraction of sp³-hybridized carbons (Fsp3) is 0.600. The Morgan fingerprint density at radius 1 is 1.52 bits per heavy atom. The molecule has 3 heterocycles. The number of carbonyl (C=O) groups excluding carboxylic acids is 1. The fourth-order valence-electron chi connectivity index (χ4n) is 2.63. The SMILES string of the molecule is CCc1nc([C@H]2CN(C(=O)CCCn3ccnc3)CCO2)n[nH]1. The Kier molecular flexibility index (Phi) is 5.02. The molecule has 8 heteroatoms. The van der Waals surface area contributed by atoms with Crippen LogP contribution in [0.2, 0.25) is 0 Å². The second kappa shape index (κ2) is 7.36. The van der Waals surface area contributed by atoms with Crippen LogP contribution in [-0.4, -0.2) is 55.2 Å². The molecule has 0 radical (unpaired) electrons. The molecule has 8 nitrogen and oxygen atoms in total. The van der Waals surface area contributed by atoms with Crippen molar-refractivity contribution < 1.29 is 9.53 Å². The normalized spacial score (nSPS) is 18.3. The van der Waals surface area contributed by atoms with Crippen LogP contribution in [0.25, 0.3) is 0 Å². The molecule has 1 fully saturated rings. The number of imidazole rings is 1. The fourth-order valence-corrected chi connectivity index (χ4v) is 2.63. The minimum Gasteiger partial charge on any atom is -0.366 e. The summed E-state index contributed by atoms with van der Waals surface area (Å²) in [6.07, 6.45) is 7.31. The predicted molar refractivity (Wildman–Crippen MR) is 82.5 cm³/mol. The lowest BCUT2D eigenvalue weighted by molar-refractivity contribution is -0.139. The molecule has 2 aromatic heterocycles. The van der Waals surface area contributed by atoms with Crippen LogP contribution in [0.5, 0.6) is 0 Å². The number of ether oxygens (including phenoxy) is 1. The summed E-state index contributed by atoms with van der Waals surface area (Å²) in [5.41, 5.74) is 0. The highest BCUT2D eigenvalue weighted by Gasteiger charge is 2.27. The van der Waals surface area contributed by atoms with Crippen LogP contribution in [0, 0.1) is 0 Å². The number of H-pyrrole nitrogens is 1. The standard InChI is InChI=1S/C15H22N6O2/c1-2-13-17-15(19-18-13)12-10-21(8-9-23-12)14(22)4-3-6-20-7-5-16-11-20/h5,7,11-12H,2-4,6,8-10H2,1H3,(H,17,18,19)/t12-/m1/s1. The maximum atomic E-state index is 12.4. The Labute approximate surface area is 134 Å². The Morgan fingerprint density at radius 3 is 3.17 bits per heavy atom. The van der Waals surface area contributed by atoms with Crippen molar-refractivity contribution in [2.24, 2.45) is 0 Å². The summed E-state index contributed by atoms with van der Waals surface area (Å²) >= 11 is 0. The number of morpholine rings is 1. The first-order chi connectivity index (χ1) is 11.3. The van der Waals surface area contributed by atoms with Crippen molar-refractivity contribution in [2.75, 3.05) is 19.7 Å². The number of nitrogens with one attached hydrogen (secondary N) is 1. The van der Waals surface area contributed by atoms with E-state index in [1.165, 1.54) is 0 Å². The molecular formula is C15H22N6O2. The number of hydrogen-bond acceptors (Lipinski definition) is 5. The average Bonchev–Trinajstić information content (AvgIpc) is 3.26. The van der Waals surface area contributed by atoms with Gasteiger partial charge in [-0.05, 0) is 6.42 Å². The summed E-state index contributed by atoms with van der Waals surface area (Å²) < 4.78 is 7.70. The molecule has 23 heavy (non-hydrogen) atoms. The zero-order valence-corrected chi connectivity index (χ0v) is 13.3. The molecule has 124 valence electrons. The maximum Gasteiger partial charge on any atom is 0.222 e. The van der Waals surface area contributed by atoms with Gasteiger partial charge in [-0.15, -0.1) is 0 Å². The van der Waals surface area contributed by atoms with Crippen molar-refractivity contribution in [3.8, 4) is 0 Å². The van der Waals surface area contributed by atoms with E-state index in [0.717, 1.165) is 25.2 Å². The van der Waals surface area contributed by atoms with E-state index in [2.05, 4.69) is 20.2 Å². The second-order valence-electron chi connectivity index (χ2n) is 5.60. The lowest BCUT2D eigenvalue weighted by Gasteiger charge is -2.31. The monoisotopic (exact) mass is 318 g/mol. The third kappa shape index (κ3) is 3.95. The lowest BCUT2D eigenvalue weighted by Crippen LogP contribution is -2.42. The third-order valence-electron chi connectivity index (χ3n) is 3.96. The topological polar surface area (TPSA) is 88.9 Å². The molecular weight excluding hydrogens is 296 g/mol. The van der Waals surface area contributed by atoms with E-state index < -0.39 is 0 Å². The van der Waals surface area contributed by atoms with Gasteiger partial charge in [0.1, 0.15) is 11.9 Å². The van der Waals surface area contributed by atoms with Crippen LogP contribution >= 0.6 is 0 Å². The van der Waals surface area contributed by atoms with Crippen LogP contribution < -0.4 is 0 Å². The molecule has 0 saturated carbocycles. The van der Waals surface area contributed by atoms with Gasteiger partial charge in [0, 0.05) is 38.3 Å². The first kappa shape index (κ1) is 15.7. The minimum absolute atomic E-state index is 0.157. The van der Waals surface area contributed by atoms with Gasteiger partial charge in [-0.25, -0.2) is 9.97 Å². The maximum absolute atomic E-state index is 12.4. The summed E-state index contributed by atoms with van der Waals surface area (Å²) in [4.78, 5) is 22.6. The molecule has 0 bridgehead atoms. The van der Waals surface area contributed by atoms with Crippen LogP contribution in [0.3, 0.4) is 0 Å². The molecule has 1 aliphatic rings. The molecule has 1 atom stereocenters. The van der Waals surface area contributed by atoms with E-state index in [9.17, 15) is 4.79 Å². The highest BCUT2D eigenvalue weighted by atomic mass is 16.5. The van der Waals surface area contributed by atoms with Crippen molar-refractivity contribution in [3.63, 3.8) is 0 Å². The largest absolute Gasteiger partial charge is 0.366 e. The number of nitrogens with zero attached hydrogens (tertiary/aromatic N) is 5. The van der Waals surface area contributed by atoms with Crippen molar-refractivity contribution in [1.82, 2.24) is 29.6 Å². The number of amides is 1. The number of aromatic nitrogens is 5. The molecule has 0 spiro atoms. The Bertz CT molecular complexity index is 624. The molecule has 1 N–H and O–H groups in total. The first-order valence-corrected chi connectivity index (χ1v) is 8.02. The van der Waals surface area contributed by atoms with E-state index in [1.807, 2.05) is 22.6 Å². The number of carbonyl (C=O) groups is 1. The summed E-state index contributed by atoms with van der Waals surface area (Å²) in [7, 11) is 0. The highest BCUT2D eigenvalue weighted by molar-refractivity contribution is 5.76. The molecule has 1 aliphatic heterocycles. The molecule has 0 aromatic carbocycles. The summed E-state index contributed by atoms with van der Waals surface area (Å²) in [5, 5.41) is 7.08. The van der Waals surface area contributed by atoms with Crippen molar-refractivity contribution in [3.05, 3.63) is 30.4 Å². The smallest absolute Gasteiger partial charge is 0.222 e. The van der Waals surface area contributed by atoms with E-state index in [-0.39, 0.29) is 12.0 Å². The summed E-state index contributed by atoms with van der Waals surface area (Å²) in [6.45, 7) is 4.49. The van der Waals surface area contributed by atoms with Crippen LogP contribution in [0.1, 0.15) is 37.5 Å². The first-order valence-electron chi connectivity index (χ1n) is 8.02. The van der Waals surface area contributed by atoms with Gasteiger partial charge in [-0.2, -0.15) is 5.10 Å². The number of rotatable bonds is 6. The predicted octanol–water partition coefficient (Wildman–Crippen LogP) is 0.944. The molecule has 1 saturated heterocycles. The Hall–Kier alpha value is -2.22. The van der Waals surface area contributed by atoms with Gasteiger partial charge in [0.05, 0.1) is 19.5 Å². The number of hydrogen-bond donors (Lipinski definition) is 1. The van der Waals surface area contributed by atoms with Gasteiger partial charge in [0.2, 0.25) is 5.91 Å². The molecule has 3 rings (SSSR count). The van der Waals surface area contributed by atoms with Gasteiger partial charge in [-0.3, -0.25) is 9.89 Å². The van der Waals surface area contributed by atoms with E-state index in [1.54, 1.807) is 12.5 Å². The second-order valence-corrected chi connectivity index (χ2v) is 5.60. The molecule has 2 aromatic rings. The van der Waals surface area contributed by atoms with Crippen LogP contribution in [0.15, 0.2) is 18.7 Å². The highest BCUT2D eigenvalue weighted by Crippen LogP contribution is 2.20. The van der Waals surface area contributed by atoms with E-state index in [4.69, 9.17) is 4.74 Å². The lowest BCUT2D eigenvalue weighted by atomic mass is 10.2. The summed E-state index contributed by atoms with van der Waals surface area (Å²) in [6, 6.07) is 0. The molecule has 1 amide bonds. The van der Waals surface area contributed by atoms with Gasteiger partial charge < -0.3 is 14.2 Å². The van der Waals surface area contributed by atoms with Gasteiger partial charge in [0.25, 0.3) is 0 Å². The van der Waals surface area contributed by atoms with Crippen molar-refractivity contribution >= 4 is 5.91 Å². The minimum atomic E-state index is -0.238. The molecule has 0 aliphatic carbocycles. The Morgan fingerprint density at radius 2 is 2.43 bits per heavy atom. The van der Waals surface area contributed by atoms with E-state index >= 15 is 0 Å². The summed E-state index contributed by atoms with van der Waals surface area (Å²) in [5.74, 6) is 1.63. The number of aryl methyl sites for hydroxylation is 2. The van der Waals surface area contributed by atoms with Crippen LogP contribution in [0.4, 0.5) is 0 Å². The average molecular weight is 318 g/mol. The zero-order chi connectivity index (χ0) is 16.1. The third-order valence-corrected chi connectivity index (χ3v) is 3.96. The zero-order valence-electron chi connectivity index (χ0n) is 13.3. The van der Waals surface area contributed by atoms with E-state index in [0.29, 0.717) is 31.9 Å². The quantitative estimate of drug-likeness (QED) is 0.856. The van der Waals surface area contributed by atoms with Crippen molar-refractivity contribution in [1.29, 1.82) is 0 Å².